The Kier molecular flexibility index (Phi) is 7.12. The van der Waals surface area contributed by atoms with Gasteiger partial charge in [-0.25, -0.2) is 0 Å². The predicted octanol–water partition coefficient (Wildman–Crippen LogP) is 5.69. The number of imidazole rings is 1. The molecule has 2 fully saturated rings. The van der Waals surface area contributed by atoms with Crippen LogP contribution in [0.1, 0.15) is 44.2 Å². The number of aromatic nitrogens is 5. The van der Waals surface area contributed by atoms with Crippen molar-refractivity contribution >= 4 is 40.3 Å². The van der Waals surface area contributed by atoms with Crippen LogP contribution in [-0.4, -0.2) is 43.8 Å². The van der Waals surface area contributed by atoms with E-state index in [9.17, 15) is 4.79 Å². The van der Waals surface area contributed by atoms with Crippen molar-refractivity contribution in [3.63, 3.8) is 0 Å². The molecule has 0 spiro atoms. The molecule has 1 saturated carbocycles. The average molecular weight is 553 g/mol. The van der Waals surface area contributed by atoms with Crippen molar-refractivity contribution in [2.24, 2.45) is 11.8 Å². The first-order valence-electron chi connectivity index (χ1n) is 13.2. The van der Waals surface area contributed by atoms with Crippen molar-refractivity contribution in [2.45, 2.75) is 45.2 Å². The van der Waals surface area contributed by atoms with Crippen LogP contribution in [0.15, 0.2) is 53.5 Å². The smallest absolute Gasteiger partial charge is 0.256 e. The maximum absolute atomic E-state index is 13.0. The minimum atomic E-state index is -0.250. The Balaban J connectivity index is 1.55. The molecule has 1 saturated heterocycles. The SMILES string of the molecule is CC1CCC(Cn2c(N3CCOC[C@H]3c3ccccc3)nc3nc(Cl)nc(-n4cc(Cl)ccc4=O)c32)CC1. The number of benzene rings is 1. The molecule has 4 heterocycles. The number of nitrogens with zero attached hydrogens (tertiary/aromatic N) is 6. The summed E-state index contributed by atoms with van der Waals surface area (Å²) < 4.78 is 9.56. The van der Waals surface area contributed by atoms with E-state index in [4.69, 9.17) is 32.9 Å². The van der Waals surface area contributed by atoms with Gasteiger partial charge in [-0.15, -0.1) is 0 Å². The van der Waals surface area contributed by atoms with Crippen LogP contribution in [0.2, 0.25) is 10.3 Å². The van der Waals surface area contributed by atoms with Gasteiger partial charge in [0, 0.05) is 25.4 Å². The first-order valence-corrected chi connectivity index (χ1v) is 13.9. The second kappa shape index (κ2) is 10.7. The van der Waals surface area contributed by atoms with E-state index in [2.05, 4.69) is 38.5 Å². The lowest BCUT2D eigenvalue weighted by molar-refractivity contribution is 0.0927. The summed E-state index contributed by atoms with van der Waals surface area (Å²) in [4.78, 5) is 29.3. The number of morpholine rings is 1. The Hall–Kier alpha value is -2.94. The monoisotopic (exact) mass is 552 g/mol. The van der Waals surface area contributed by atoms with Crippen LogP contribution in [0.5, 0.6) is 0 Å². The van der Waals surface area contributed by atoms with Crippen molar-refractivity contribution < 1.29 is 4.74 Å². The molecular formula is C28H30Cl2N6O2. The van der Waals surface area contributed by atoms with Crippen LogP contribution in [-0.2, 0) is 11.3 Å². The number of anilines is 1. The molecule has 2 aliphatic rings. The summed E-state index contributed by atoms with van der Waals surface area (Å²) in [5.74, 6) is 2.41. The fourth-order valence-electron chi connectivity index (χ4n) is 5.73. The highest BCUT2D eigenvalue weighted by Gasteiger charge is 2.32. The molecule has 6 rings (SSSR count). The third kappa shape index (κ3) is 4.93. The zero-order chi connectivity index (χ0) is 26.2. The quantitative estimate of drug-likeness (QED) is 0.296. The maximum Gasteiger partial charge on any atom is 0.256 e. The summed E-state index contributed by atoms with van der Waals surface area (Å²) in [7, 11) is 0. The maximum atomic E-state index is 13.0. The lowest BCUT2D eigenvalue weighted by Gasteiger charge is -2.37. The number of rotatable bonds is 5. The summed E-state index contributed by atoms with van der Waals surface area (Å²) in [6, 6.07) is 13.3. The molecule has 1 atom stereocenters. The number of hydrogen-bond acceptors (Lipinski definition) is 6. The van der Waals surface area contributed by atoms with Gasteiger partial charge in [0.2, 0.25) is 11.2 Å². The van der Waals surface area contributed by atoms with Gasteiger partial charge < -0.3 is 14.2 Å². The van der Waals surface area contributed by atoms with Gasteiger partial charge in [-0.1, -0.05) is 61.7 Å². The van der Waals surface area contributed by atoms with Crippen LogP contribution >= 0.6 is 23.2 Å². The minimum Gasteiger partial charge on any atom is -0.377 e. The summed E-state index contributed by atoms with van der Waals surface area (Å²) in [6.45, 7) is 4.91. The number of ether oxygens (including phenoxy) is 1. The van der Waals surface area contributed by atoms with Crippen LogP contribution in [0.3, 0.4) is 0 Å². The Morgan fingerprint density at radius 3 is 2.58 bits per heavy atom. The number of fused-ring (bicyclic) bond motifs is 1. The lowest BCUT2D eigenvalue weighted by Crippen LogP contribution is -2.41. The Bertz CT molecular complexity index is 1500. The van der Waals surface area contributed by atoms with Gasteiger partial charge in [-0.2, -0.15) is 15.0 Å². The van der Waals surface area contributed by atoms with E-state index in [-0.39, 0.29) is 16.9 Å². The van der Waals surface area contributed by atoms with Crippen LogP contribution in [0, 0.1) is 11.8 Å². The van der Waals surface area contributed by atoms with E-state index in [1.165, 1.54) is 23.5 Å². The van der Waals surface area contributed by atoms with E-state index in [0.29, 0.717) is 47.7 Å². The Morgan fingerprint density at radius 1 is 1.00 bits per heavy atom. The summed E-state index contributed by atoms with van der Waals surface area (Å²) >= 11 is 12.7. The summed E-state index contributed by atoms with van der Waals surface area (Å²) in [5, 5.41) is 0.459. The first-order chi connectivity index (χ1) is 18.5. The van der Waals surface area contributed by atoms with Gasteiger partial charge in [0.05, 0.1) is 24.3 Å². The molecule has 0 bridgehead atoms. The second-order valence-corrected chi connectivity index (χ2v) is 11.2. The zero-order valence-electron chi connectivity index (χ0n) is 21.3. The molecule has 0 radical (unpaired) electrons. The molecule has 4 aromatic rings. The number of hydrogen-bond donors (Lipinski definition) is 0. The van der Waals surface area contributed by atoms with E-state index in [0.717, 1.165) is 36.8 Å². The van der Waals surface area contributed by atoms with Gasteiger partial charge in [0.1, 0.15) is 5.52 Å². The van der Waals surface area contributed by atoms with E-state index < -0.39 is 0 Å². The molecule has 10 heteroatoms. The third-order valence-corrected chi connectivity index (χ3v) is 8.18. The molecule has 38 heavy (non-hydrogen) atoms. The molecule has 198 valence electrons. The standard InChI is InChI=1S/C28H30Cl2N6O2/c1-18-7-9-19(10-8-18)15-36-24-25(31-27(30)33-26(24)35-16-21(29)11-12-23(35)37)32-28(36)34-13-14-38-17-22(34)20-5-3-2-4-6-20/h2-6,11-12,16,18-19,22H,7-10,13-15,17H2,1H3/t18?,19?,22-/m0/s1. The minimum absolute atomic E-state index is 0.00679. The largest absolute Gasteiger partial charge is 0.377 e. The average Bonchev–Trinajstić information content (AvgIpc) is 3.29. The van der Waals surface area contributed by atoms with Gasteiger partial charge >= 0.3 is 0 Å². The van der Waals surface area contributed by atoms with E-state index in [1.54, 1.807) is 12.3 Å². The number of halogens is 2. The van der Waals surface area contributed by atoms with Crippen LogP contribution in [0.4, 0.5) is 5.95 Å². The summed E-state index contributed by atoms with van der Waals surface area (Å²) in [5.41, 5.74) is 2.06. The molecule has 8 nitrogen and oxygen atoms in total. The zero-order valence-corrected chi connectivity index (χ0v) is 22.8. The van der Waals surface area contributed by atoms with Crippen LogP contribution < -0.4 is 10.5 Å². The summed E-state index contributed by atoms with van der Waals surface area (Å²) in [6.07, 6.45) is 6.28. The van der Waals surface area contributed by atoms with Crippen molar-refractivity contribution in [1.82, 2.24) is 24.1 Å². The van der Waals surface area contributed by atoms with Crippen LogP contribution in [0.25, 0.3) is 17.0 Å². The van der Waals surface area contributed by atoms with Crippen molar-refractivity contribution in [1.29, 1.82) is 0 Å². The van der Waals surface area contributed by atoms with E-state index in [1.807, 2.05) is 18.2 Å². The highest BCUT2D eigenvalue weighted by molar-refractivity contribution is 6.30. The molecular weight excluding hydrogens is 523 g/mol. The normalized spacial score (nSPS) is 22.2. The second-order valence-electron chi connectivity index (χ2n) is 10.4. The fraction of sp³-hybridized carbons (Fsp3) is 0.429. The van der Waals surface area contributed by atoms with Crippen molar-refractivity contribution in [3.05, 3.63) is 74.9 Å². The van der Waals surface area contributed by atoms with Gasteiger partial charge in [-0.3, -0.25) is 9.36 Å². The van der Waals surface area contributed by atoms with Gasteiger partial charge in [-0.05, 0) is 47.9 Å². The van der Waals surface area contributed by atoms with Gasteiger partial charge in [0.25, 0.3) is 5.56 Å². The molecule has 1 aromatic carbocycles. The first kappa shape index (κ1) is 25.3. The number of pyridine rings is 1. The Labute approximate surface area is 231 Å². The fourth-order valence-corrected chi connectivity index (χ4v) is 6.05. The highest BCUT2D eigenvalue weighted by Crippen LogP contribution is 2.36. The molecule has 3 aromatic heterocycles. The van der Waals surface area contributed by atoms with Crippen molar-refractivity contribution in [2.75, 3.05) is 24.7 Å². The Morgan fingerprint density at radius 2 is 1.79 bits per heavy atom. The molecule has 1 aliphatic carbocycles. The van der Waals surface area contributed by atoms with Gasteiger partial charge in [0.15, 0.2) is 11.5 Å². The highest BCUT2D eigenvalue weighted by atomic mass is 35.5. The topological polar surface area (TPSA) is 78.1 Å². The lowest BCUT2D eigenvalue weighted by atomic mass is 9.83. The molecule has 0 N–H and O–H groups in total. The predicted molar refractivity (Wildman–Crippen MR) is 149 cm³/mol. The third-order valence-electron chi connectivity index (χ3n) is 7.79. The molecule has 1 aliphatic heterocycles. The van der Waals surface area contributed by atoms with Crippen molar-refractivity contribution in [3.8, 4) is 5.82 Å². The molecule has 0 unspecified atom stereocenters. The van der Waals surface area contributed by atoms with E-state index >= 15 is 0 Å². The molecule has 0 amide bonds.